The topological polar surface area (TPSA) is 72.5 Å². The largest absolute Gasteiger partial charge is 0.379 e. The number of rotatable bonds is 5. The average molecular weight is 397 g/mol. The van der Waals surface area contributed by atoms with Gasteiger partial charge in [0.25, 0.3) is 0 Å². The fourth-order valence-electron chi connectivity index (χ4n) is 2.95. The zero-order valence-corrected chi connectivity index (χ0v) is 16.6. The van der Waals surface area contributed by atoms with Crippen LogP contribution in [0.1, 0.15) is 35.2 Å². The van der Waals surface area contributed by atoms with Crippen LogP contribution in [0.4, 0.5) is 0 Å². The van der Waals surface area contributed by atoms with Crippen molar-refractivity contribution in [2.45, 2.75) is 31.1 Å². The van der Waals surface area contributed by atoms with Crippen LogP contribution >= 0.6 is 0 Å². The molecule has 28 heavy (non-hydrogen) atoms. The monoisotopic (exact) mass is 397 g/mol. The highest BCUT2D eigenvalue weighted by molar-refractivity contribution is 7.87. The molecule has 0 unspecified atom stereocenters. The molecule has 0 spiro atoms. The van der Waals surface area contributed by atoms with Gasteiger partial charge in [-0.25, -0.2) is 0 Å². The molecule has 1 aliphatic rings. The quantitative estimate of drug-likeness (QED) is 0.476. The Hall–Kier alpha value is -2.62. The molecule has 0 saturated carbocycles. The van der Waals surface area contributed by atoms with Gasteiger partial charge in [0.2, 0.25) is 0 Å². The Morgan fingerprint density at radius 1 is 1.14 bits per heavy atom. The van der Waals surface area contributed by atoms with E-state index in [0.29, 0.717) is 11.5 Å². The number of carbonyl (C=O) groups excluding carboxylic acids is 1. The zero-order chi connectivity index (χ0) is 20.0. The van der Waals surface area contributed by atoms with E-state index >= 15 is 0 Å². The van der Waals surface area contributed by atoms with Crippen LogP contribution in [-0.2, 0) is 10.1 Å². The summed E-state index contributed by atoms with van der Waals surface area (Å²) in [5.41, 5.74) is 1.34. The maximum atomic E-state index is 12.4. The molecule has 0 radical (unpaired) electrons. The molecule has 1 N–H and O–H groups in total. The maximum Gasteiger partial charge on any atom is 0.339 e. The number of Topliss-reactive ketones (excluding diaryl/α,β-unsaturated/α-hetero) is 1. The van der Waals surface area contributed by atoms with E-state index in [9.17, 15) is 13.2 Å². The minimum absolute atomic E-state index is 0.0719. The van der Waals surface area contributed by atoms with Crippen molar-refractivity contribution in [3.05, 3.63) is 59.7 Å². The number of aryl methyl sites for hydroxylation is 1. The summed E-state index contributed by atoms with van der Waals surface area (Å²) in [6.45, 7) is 3.80. The highest BCUT2D eigenvalue weighted by atomic mass is 32.2. The Kier molecular flexibility index (Phi) is 6.50. The van der Waals surface area contributed by atoms with E-state index in [2.05, 4.69) is 17.2 Å². The highest BCUT2D eigenvalue weighted by Crippen LogP contribution is 2.21. The summed E-state index contributed by atoms with van der Waals surface area (Å²) in [6, 6.07) is 12.6. The number of benzene rings is 2. The second kappa shape index (κ2) is 9.05. The Morgan fingerprint density at radius 2 is 1.86 bits per heavy atom. The molecule has 6 heteroatoms. The van der Waals surface area contributed by atoms with Gasteiger partial charge in [0, 0.05) is 11.5 Å². The molecular weight excluding hydrogens is 374 g/mol. The number of hydrogen-bond acceptors (Lipinski definition) is 5. The van der Waals surface area contributed by atoms with Gasteiger partial charge >= 0.3 is 10.1 Å². The Balaban J connectivity index is 1.67. The summed E-state index contributed by atoms with van der Waals surface area (Å²) in [4.78, 5) is 12.5. The smallest absolute Gasteiger partial charge is 0.339 e. The number of piperidine rings is 1. The molecule has 1 aliphatic heterocycles. The number of carbonyl (C=O) groups is 1. The average Bonchev–Trinajstić information content (AvgIpc) is 2.69. The molecule has 1 heterocycles. The third kappa shape index (κ3) is 5.44. The van der Waals surface area contributed by atoms with E-state index < -0.39 is 10.1 Å². The molecular formula is C22H23NO4S. The van der Waals surface area contributed by atoms with Crippen molar-refractivity contribution >= 4 is 15.9 Å². The first kappa shape index (κ1) is 20.1. The molecule has 0 bridgehead atoms. The zero-order valence-electron chi connectivity index (χ0n) is 15.8. The second-order valence-electron chi connectivity index (χ2n) is 6.82. The number of hydrogen-bond donors (Lipinski definition) is 1. The van der Waals surface area contributed by atoms with Crippen LogP contribution in [0, 0.1) is 24.7 Å². The van der Waals surface area contributed by atoms with Crippen LogP contribution in [0.15, 0.2) is 53.4 Å². The molecule has 0 amide bonds. The lowest BCUT2D eigenvalue weighted by Gasteiger charge is -2.17. The van der Waals surface area contributed by atoms with E-state index in [4.69, 9.17) is 4.18 Å². The summed E-state index contributed by atoms with van der Waals surface area (Å²) < 4.78 is 30.0. The van der Waals surface area contributed by atoms with Crippen LogP contribution in [0.3, 0.4) is 0 Å². The third-order valence-electron chi connectivity index (χ3n) is 4.57. The molecule has 0 aliphatic carbocycles. The van der Waals surface area contributed by atoms with Gasteiger partial charge in [-0.3, -0.25) is 4.79 Å². The Morgan fingerprint density at radius 3 is 2.57 bits per heavy atom. The fraction of sp³-hybridized carbons (Fsp3) is 0.318. The van der Waals surface area contributed by atoms with E-state index in [0.717, 1.165) is 31.5 Å². The maximum absolute atomic E-state index is 12.4. The summed E-state index contributed by atoms with van der Waals surface area (Å²) >= 11 is 0. The van der Waals surface area contributed by atoms with Crippen molar-refractivity contribution in [3.63, 3.8) is 0 Å². The molecule has 1 fully saturated rings. The number of ketones is 1. The fourth-order valence-corrected chi connectivity index (χ4v) is 3.87. The van der Waals surface area contributed by atoms with Crippen molar-refractivity contribution in [1.29, 1.82) is 0 Å². The van der Waals surface area contributed by atoms with Gasteiger partial charge in [0.1, 0.15) is 10.6 Å². The molecule has 2 aromatic rings. The predicted molar refractivity (Wildman–Crippen MR) is 108 cm³/mol. The van der Waals surface area contributed by atoms with Crippen molar-refractivity contribution in [2.75, 3.05) is 13.1 Å². The van der Waals surface area contributed by atoms with Crippen molar-refractivity contribution in [3.8, 4) is 17.6 Å². The SMILES string of the molecule is Cc1ccc(S(=O)(=O)Oc2cccc(C(=O)CC#CC3CCNCC3)c2)cc1. The van der Waals surface area contributed by atoms with Gasteiger partial charge in [-0.15, -0.1) is 0 Å². The molecule has 1 saturated heterocycles. The van der Waals surface area contributed by atoms with E-state index in [1.165, 1.54) is 24.3 Å². The van der Waals surface area contributed by atoms with Crippen LogP contribution in [0.25, 0.3) is 0 Å². The standard InChI is InChI=1S/C22H23NO4S/c1-17-8-10-21(11-9-17)28(25,26)27-20-6-3-5-19(16-20)22(24)7-2-4-18-12-14-23-15-13-18/h3,5-6,8-11,16,18,23H,7,12-15H2,1H3. The predicted octanol–water partition coefficient (Wildman–Crippen LogP) is 3.34. The molecule has 5 nitrogen and oxygen atoms in total. The highest BCUT2D eigenvalue weighted by Gasteiger charge is 2.17. The van der Waals surface area contributed by atoms with Crippen LogP contribution < -0.4 is 9.50 Å². The Bertz CT molecular complexity index is 995. The summed E-state index contributed by atoms with van der Waals surface area (Å²) in [7, 11) is -3.95. The lowest BCUT2D eigenvalue weighted by molar-refractivity contribution is 0.0998. The molecule has 146 valence electrons. The summed E-state index contributed by atoms with van der Waals surface area (Å²) in [6.07, 6.45) is 2.11. The lowest BCUT2D eigenvalue weighted by Crippen LogP contribution is -2.26. The van der Waals surface area contributed by atoms with Gasteiger partial charge < -0.3 is 9.50 Å². The summed E-state index contributed by atoms with van der Waals surface area (Å²) in [5.74, 6) is 6.42. The van der Waals surface area contributed by atoms with Gasteiger partial charge in [-0.05, 0) is 57.1 Å². The van der Waals surface area contributed by atoms with Crippen molar-refractivity contribution < 1.29 is 17.4 Å². The van der Waals surface area contributed by atoms with E-state index in [-0.39, 0.29) is 22.8 Å². The molecule has 3 rings (SSSR count). The molecule has 0 aromatic heterocycles. The van der Waals surface area contributed by atoms with Crippen molar-refractivity contribution in [2.24, 2.45) is 5.92 Å². The van der Waals surface area contributed by atoms with E-state index in [1.807, 2.05) is 6.92 Å². The van der Waals surface area contributed by atoms with Gasteiger partial charge in [0.05, 0.1) is 6.42 Å². The van der Waals surface area contributed by atoms with Crippen LogP contribution in [0.2, 0.25) is 0 Å². The second-order valence-corrected chi connectivity index (χ2v) is 8.37. The summed E-state index contributed by atoms with van der Waals surface area (Å²) in [5, 5.41) is 3.28. The van der Waals surface area contributed by atoms with E-state index in [1.54, 1.807) is 24.3 Å². The lowest BCUT2D eigenvalue weighted by atomic mass is 9.98. The molecule has 0 atom stereocenters. The molecule has 2 aromatic carbocycles. The van der Waals surface area contributed by atoms with Gasteiger partial charge in [0.15, 0.2) is 5.78 Å². The first-order chi connectivity index (χ1) is 13.4. The first-order valence-electron chi connectivity index (χ1n) is 9.27. The van der Waals surface area contributed by atoms with Crippen LogP contribution in [-0.4, -0.2) is 27.3 Å². The van der Waals surface area contributed by atoms with Crippen LogP contribution in [0.5, 0.6) is 5.75 Å². The normalized spacial score (nSPS) is 14.8. The third-order valence-corrected chi connectivity index (χ3v) is 5.83. The Labute approximate surface area is 166 Å². The van der Waals surface area contributed by atoms with Crippen molar-refractivity contribution in [1.82, 2.24) is 5.32 Å². The number of nitrogens with one attached hydrogen (secondary N) is 1. The van der Waals surface area contributed by atoms with Gasteiger partial charge in [-0.1, -0.05) is 41.7 Å². The first-order valence-corrected chi connectivity index (χ1v) is 10.7. The minimum Gasteiger partial charge on any atom is -0.379 e. The van der Waals surface area contributed by atoms with Gasteiger partial charge in [-0.2, -0.15) is 8.42 Å². The minimum atomic E-state index is -3.95.